The van der Waals surface area contributed by atoms with Crippen molar-refractivity contribution >= 4 is 35.4 Å². The van der Waals surface area contributed by atoms with Gasteiger partial charge in [-0.15, -0.1) is 0 Å². The molecule has 0 aliphatic carbocycles. The van der Waals surface area contributed by atoms with Crippen LogP contribution in [-0.4, -0.2) is 214 Å². The highest BCUT2D eigenvalue weighted by Gasteiger charge is 2.47. The summed E-state index contributed by atoms with van der Waals surface area (Å²) in [6, 6.07) is -3.03. The predicted molar refractivity (Wildman–Crippen MR) is 264 cm³/mol. The fourth-order valence-corrected chi connectivity index (χ4v) is 9.00. The summed E-state index contributed by atoms with van der Waals surface area (Å²) in [6.45, 7) is 15.4. The summed E-state index contributed by atoms with van der Waals surface area (Å²) in [7, 11) is 0. The molecular weight excluding hydrogens is 961 g/mol. The number of amides is 6. The molecule has 2 heterocycles. The van der Waals surface area contributed by atoms with Crippen molar-refractivity contribution in [3.05, 3.63) is 0 Å². The van der Waals surface area contributed by atoms with Gasteiger partial charge in [0.05, 0.1) is 38.4 Å². The molecule has 24 nitrogen and oxygen atoms in total. The van der Waals surface area contributed by atoms with E-state index in [1.165, 1.54) is 13.8 Å². The summed E-state index contributed by atoms with van der Waals surface area (Å²) < 4.78 is 28.3. The van der Waals surface area contributed by atoms with Gasteiger partial charge in [0.25, 0.3) is 0 Å². The van der Waals surface area contributed by atoms with E-state index in [0.717, 1.165) is 0 Å². The number of hydrogen-bond acceptors (Lipinski definition) is 18. The number of aliphatic hydroxyl groups excluding tert-OH is 7. The maximum Gasteiger partial charge on any atom is 0.245 e. The summed E-state index contributed by atoms with van der Waals surface area (Å²) in [6.07, 6.45) is -6.38. The molecule has 6 amide bonds. The highest BCUT2D eigenvalue weighted by atomic mass is 16.7. The molecule has 12 N–H and O–H groups in total. The van der Waals surface area contributed by atoms with Crippen LogP contribution in [-0.2, 0) is 52.5 Å². The van der Waals surface area contributed by atoms with Crippen molar-refractivity contribution in [2.45, 2.75) is 211 Å². The van der Waals surface area contributed by atoms with E-state index in [9.17, 15) is 64.5 Å². The van der Waals surface area contributed by atoms with Crippen LogP contribution in [0.25, 0.3) is 0 Å². The summed E-state index contributed by atoms with van der Waals surface area (Å²) in [5.41, 5.74) is -2.07. The lowest BCUT2D eigenvalue weighted by Crippen LogP contribution is -2.64. The topological polar surface area (TPSA) is 354 Å². The Hall–Kier alpha value is -3.66. The Balaban J connectivity index is 1.93. The quantitative estimate of drug-likeness (QED) is 0.0322. The molecule has 2 rings (SSSR count). The normalized spacial score (nSPS) is 25.0. The Morgan fingerprint density at radius 2 is 1.12 bits per heavy atom. The van der Waals surface area contributed by atoms with Crippen LogP contribution >= 0.6 is 0 Å². The Morgan fingerprint density at radius 1 is 0.630 bits per heavy atom. The number of nitrogens with one attached hydrogen (secondary N) is 5. The largest absolute Gasteiger partial charge is 0.394 e. The summed E-state index contributed by atoms with van der Waals surface area (Å²) in [5.74, 6) is -2.02. The van der Waals surface area contributed by atoms with Gasteiger partial charge in [0, 0.05) is 65.1 Å². The third-order valence-corrected chi connectivity index (χ3v) is 12.7. The van der Waals surface area contributed by atoms with E-state index in [2.05, 4.69) is 26.6 Å². The zero-order valence-corrected chi connectivity index (χ0v) is 44.6. The first-order chi connectivity index (χ1) is 34.2. The minimum Gasteiger partial charge on any atom is -0.394 e. The smallest absolute Gasteiger partial charge is 0.245 e. The molecule has 0 bridgehead atoms. The minimum atomic E-state index is -1.43. The van der Waals surface area contributed by atoms with Crippen molar-refractivity contribution in [3.8, 4) is 0 Å². The Kier molecular flexibility index (Phi) is 28.7. The number of ether oxygens (including phenoxy) is 5. The maximum atomic E-state index is 14.4. The molecule has 0 spiro atoms. The lowest BCUT2D eigenvalue weighted by atomic mass is 9.78. The highest BCUT2D eigenvalue weighted by molar-refractivity contribution is 5.88. The van der Waals surface area contributed by atoms with E-state index in [0.29, 0.717) is 64.6 Å². The molecule has 73 heavy (non-hydrogen) atoms. The molecule has 2 saturated heterocycles. The molecule has 0 aromatic rings. The zero-order chi connectivity index (χ0) is 55.1. The summed E-state index contributed by atoms with van der Waals surface area (Å²) >= 11 is 0. The first-order valence-corrected chi connectivity index (χ1v) is 25.6. The maximum absolute atomic E-state index is 14.4. The fraction of sp³-hybridized carbons (Fsp3) is 0.878. The van der Waals surface area contributed by atoms with Crippen molar-refractivity contribution in [2.75, 3.05) is 59.3 Å². The lowest BCUT2D eigenvalue weighted by Gasteiger charge is -2.44. The predicted octanol–water partition coefficient (Wildman–Crippen LogP) is -1.64. The van der Waals surface area contributed by atoms with Gasteiger partial charge in [-0.3, -0.25) is 28.8 Å². The van der Waals surface area contributed by atoms with E-state index >= 15 is 0 Å². The van der Waals surface area contributed by atoms with Gasteiger partial charge in [0.15, 0.2) is 12.6 Å². The second kappa shape index (κ2) is 32.0. The Labute approximate surface area is 430 Å². The van der Waals surface area contributed by atoms with Gasteiger partial charge in [0.1, 0.15) is 54.7 Å². The number of aliphatic hydroxyl groups is 7. The van der Waals surface area contributed by atoms with E-state index in [1.54, 1.807) is 18.7 Å². The third kappa shape index (κ3) is 23.0. The van der Waals surface area contributed by atoms with Gasteiger partial charge >= 0.3 is 0 Å². The van der Waals surface area contributed by atoms with Crippen LogP contribution in [0.5, 0.6) is 0 Å². The summed E-state index contributed by atoms with van der Waals surface area (Å²) in [4.78, 5) is 78.4. The molecule has 0 aromatic carbocycles. The van der Waals surface area contributed by atoms with Crippen molar-refractivity contribution in [1.29, 1.82) is 0 Å². The number of rotatable bonds is 34. The molecule has 11 atom stereocenters. The lowest BCUT2D eigenvalue weighted by molar-refractivity contribution is -0.270. The summed E-state index contributed by atoms with van der Waals surface area (Å²) in [5, 5.41) is 83.8. The van der Waals surface area contributed by atoms with Gasteiger partial charge in [-0.05, 0) is 91.4 Å². The zero-order valence-electron chi connectivity index (χ0n) is 44.6. The van der Waals surface area contributed by atoms with E-state index in [1.807, 2.05) is 34.6 Å². The molecular formula is C49H90N6O18. The van der Waals surface area contributed by atoms with Crippen LogP contribution in [0.3, 0.4) is 0 Å². The van der Waals surface area contributed by atoms with Crippen LogP contribution in [0.15, 0.2) is 0 Å². The van der Waals surface area contributed by atoms with Crippen molar-refractivity contribution < 1.29 is 88.2 Å². The molecule has 24 heteroatoms. The molecule has 11 unspecified atom stereocenters. The number of likely N-dealkylation sites (N-methyl/N-ethyl adjacent to an activating group) is 1. The van der Waals surface area contributed by atoms with Crippen molar-refractivity contribution in [3.63, 3.8) is 0 Å². The second-order valence-electron chi connectivity index (χ2n) is 21.0. The first-order valence-electron chi connectivity index (χ1n) is 25.6. The third-order valence-electron chi connectivity index (χ3n) is 12.7. The van der Waals surface area contributed by atoms with Gasteiger partial charge in [-0.25, -0.2) is 0 Å². The van der Waals surface area contributed by atoms with Crippen LogP contribution in [0.2, 0.25) is 0 Å². The number of unbranched alkanes of at least 4 members (excludes halogenated alkanes) is 3. The van der Waals surface area contributed by atoms with E-state index in [4.69, 9.17) is 23.7 Å². The fourth-order valence-electron chi connectivity index (χ4n) is 9.00. The van der Waals surface area contributed by atoms with Crippen LogP contribution in [0, 0.1) is 5.41 Å². The van der Waals surface area contributed by atoms with Gasteiger partial charge in [-0.1, -0.05) is 13.8 Å². The first kappa shape index (κ1) is 65.5. The average Bonchev–Trinajstić information content (AvgIpc) is 3.31. The molecule has 2 aliphatic rings. The Bertz CT molecular complexity index is 1710. The van der Waals surface area contributed by atoms with Gasteiger partial charge < -0.3 is 90.9 Å². The standard InChI is InChI=1S/C49H90N6O18/c1-10-55(48(6,7)27-47(4,5)28-51-36(62)19-13-16-23-70-46-39(53-31(3)60)43(67)41(65)34(26-57)73-46)44(68)32(54-37(63)20-24-71-49(8,9)29-58)17-11-14-21-50-35(61)18-12-15-22-69-45-38(52-30(2)59)42(66)40(64)33(25-56)72-45/h32-34,38-43,45-46,56-58,64-67H,10-29H2,1-9H3,(H,50,61)(H,51,62)(H,52,59)(H,53,60)(H,54,63). The van der Waals surface area contributed by atoms with Gasteiger partial charge in [-0.2, -0.15) is 0 Å². The number of nitrogens with zero attached hydrogens (tertiary/aromatic N) is 1. The highest BCUT2D eigenvalue weighted by Crippen LogP contribution is 2.32. The van der Waals surface area contributed by atoms with E-state index < -0.39 is 115 Å². The van der Waals surface area contributed by atoms with E-state index in [-0.39, 0.29) is 69.8 Å². The molecule has 424 valence electrons. The van der Waals surface area contributed by atoms with Crippen molar-refractivity contribution in [2.24, 2.45) is 5.41 Å². The van der Waals surface area contributed by atoms with Crippen molar-refractivity contribution in [1.82, 2.24) is 31.5 Å². The van der Waals surface area contributed by atoms with Crippen LogP contribution in [0.4, 0.5) is 0 Å². The number of carbonyl (C=O) groups is 6. The molecule has 2 fully saturated rings. The molecule has 0 aromatic heterocycles. The van der Waals surface area contributed by atoms with Crippen LogP contribution in [0.1, 0.15) is 133 Å². The number of carbonyl (C=O) groups excluding carboxylic acids is 6. The monoisotopic (exact) mass is 1050 g/mol. The second-order valence-corrected chi connectivity index (χ2v) is 21.0. The molecule has 2 aliphatic heterocycles. The average molecular weight is 1050 g/mol. The minimum absolute atomic E-state index is 0.0247. The molecule has 0 saturated carbocycles. The van der Waals surface area contributed by atoms with Crippen LogP contribution < -0.4 is 26.6 Å². The number of hydrogen-bond donors (Lipinski definition) is 12. The molecule has 0 radical (unpaired) electrons. The Morgan fingerprint density at radius 3 is 1.58 bits per heavy atom. The van der Waals surface area contributed by atoms with Gasteiger partial charge in [0.2, 0.25) is 35.4 Å². The SMILES string of the molecule is CCN(C(=O)C(CCCCNC(=O)CCCCOC1OC(CO)C(O)C(O)C1NC(C)=O)NC(=O)CCOC(C)(C)CO)C(C)(C)CC(C)(C)CNC(=O)CCCCOC1OC(CO)C(O)C(O)C1NC(C)=O.